The Hall–Kier alpha value is -3.80. The van der Waals surface area contributed by atoms with E-state index in [1.807, 2.05) is 6.92 Å². The van der Waals surface area contributed by atoms with Gasteiger partial charge in [-0.05, 0) is 42.3 Å². The molecule has 1 unspecified atom stereocenters. The second-order valence-corrected chi connectivity index (χ2v) is 8.38. The SMILES string of the molecule is CCCOC(=O)NC(CC(=O)O)c1cccc(NS(=O)(=O)c2cccc(N=C(N)N)c2)c1. The van der Waals surface area contributed by atoms with E-state index in [0.717, 1.165) is 0 Å². The van der Waals surface area contributed by atoms with Crippen LogP contribution >= 0.6 is 0 Å². The lowest BCUT2D eigenvalue weighted by molar-refractivity contribution is -0.137. The molecule has 0 aliphatic rings. The van der Waals surface area contributed by atoms with Gasteiger partial charge >= 0.3 is 12.1 Å². The lowest BCUT2D eigenvalue weighted by atomic mass is 10.0. The van der Waals surface area contributed by atoms with Gasteiger partial charge in [-0.15, -0.1) is 0 Å². The Morgan fingerprint density at radius 1 is 1.16 bits per heavy atom. The number of carbonyl (C=O) groups excluding carboxylic acids is 1. The second-order valence-electron chi connectivity index (χ2n) is 6.70. The van der Waals surface area contributed by atoms with Gasteiger partial charge in [0, 0.05) is 5.69 Å². The predicted octanol–water partition coefficient (Wildman–Crippen LogP) is 2.04. The van der Waals surface area contributed by atoms with Crippen LogP contribution in [0.5, 0.6) is 0 Å². The summed E-state index contributed by atoms with van der Waals surface area (Å²) >= 11 is 0. The maximum atomic E-state index is 12.8. The van der Waals surface area contributed by atoms with E-state index < -0.39 is 34.5 Å². The zero-order valence-corrected chi connectivity index (χ0v) is 18.1. The van der Waals surface area contributed by atoms with Crippen molar-refractivity contribution in [2.24, 2.45) is 16.5 Å². The Morgan fingerprint density at radius 3 is 2.53 bits per heavy atom. The van der Waals surface area contributed by atoms with Crippen LogP contribution in [0.25, 0.3) is 0 Å². The number of sulfonamides is 1. The van der Waals surface area contributed by atoms with Crippen molar-refractivity contribution in [3.05, 3.63) is 54.1 Å². The molecule has 2 rings (SSSR count). The number of carboxylic acids is 1. The third-order valence-corrected chi connectivity index (χ3v) is 5.41. The largest absolute Gasteiger partial charge is 0.481 e. The zero-order chi connectivity index (χ0) is 23.7. The predicted molar refractivity (Wildman–Crippen MR) is 119 cm³/mol. The lowest BCUT2D eigenvalue weighted by Crippen LogP contribution is -2.31. The number of hydrogen-bond donors (Lipinski definition) is 5. The van der Waals surface area contributed by atoms with Crippen LogP contribution in [-0.4, -0.2) is 38.2 Å². The highest BCUT2D eigenvalue weighted by Crippen LogP contribution is 2.24. The molecular formula is C20H25N5O6S. The van der Waals surface area contributed by atoms with Crippen LogP contribution in [-0.2, 0) is 19.6 Å². The fraction of sp³-hybridized carbons (Fsp3) is 0.250. The fourth-order valence-corrected chi connectivity index (χ4v) is 3.80. The van der Waals surface area contributed by atoms with Crippen molar-refractivity contribution in [2.75, 3.05) is 11.3 Å². The van der Waals surface area contributed by atoms with Gasteiger partial charge in [-0.2, -0.15) is 0 Å². The number of guanidine groups is 1. The molecule has 0 aliphatic heterocycles. The Balaban J connectivity index is 2.27. The first-order valence-electron chi connectivity index (χ1n) is 9.58. The smallest absolute Gasteiger partial charge is 0.407 e. The summed E-state index contributed by atoms with van der Waals surface area (Å²) < 4.78 is 32.9. The molecule has 12 heteroatoms. The summed E-state index contributed by atoms with van der Waals surface area (Å²) in [6, 6.07) is 10.8. The van der Waals surface area contributed by atoms with Crippen LogP contribution < -0.4 is 21.5 Å². The molecule has 2 aromatic rings. The van der Waals surface area contributed by atoms with Crippen LogP contribution in [0.2, 0.25) is 0 Å². The number of amides is 1. The summed E-state index contributed by atoms with van der Waals surface area (Å²) in [7, 11) is -4.00. The van der Waals surface area contributed by atoms with Crippen molar-refractivity contribution < 1.29 is 27.9 Å². The van der Waals surface area contributed by atoms with E-state index in [4.69, 9.17) is 16.2 Å². The number of aliphatic imine (C=N–C) groups is 1. The molecule has 0 aromatic heterocycles. The van der Waals surface area contributed by atoms with Crippen molar-refractivity contribution in [2.45, 2.75) is 30.7 Å². The highest BCUT2D eigenvalue weighted by Gasteiger charge is 2.20. The lowest BCUT2D eigenvalue weighted by Gasteiger charge is -2.18. The van der Waals surface area contributed by atoms with Gasteiger partial charge in [0.05, 0.1) is 29.7 Å². The fourth-order valence-electron chi connectivity index (χ4n) is 2.71. The topological polar surface area (TPSA) is 186 Å². The summed E-state index contributed by atoms with van der Waals surface area (Å²) in [5.74, 6) is -1.36. The van der Waals surface area contributed by atoms with Gasteiger partial charge in [0.1, 0.15) is 0 Å². The monoisotopic (exact) mass is 463 g/mol. The third kappa shape index (κ3) is 7.47. The van der Waals surface area contributed by atoms with E-state index in [1.165, 1.54) is 36.4 Å². The maximum Gasteiger partial charge on any atom is 0.407 e. The standard InChI is InChI=1S/C20H25N5O6S/c1-2-9-31-20(28)24-17(12-18(26)27)13-5-3-7-15(10-13)25-32(29,30)16-8-4-6-14(11-16)23-19(21)22/h3-8,10-11,17,25H,2,9,12H2,1H3,(H,24,28)(H,26,27)(H4,21,22,23). The van der Waals surface area contributed by atoms with Gasteiger partial charge in [0.25, 0.3) is 10.0 Å². The first-order chi connectivity index (χ1) is 15.1. The van der Waals surface area contributed by atoms with Gasteiger partial charge in [-0.1, -0.05) is 25.1 Å². The van der Waals surface area contributed by atoms with E-state index in [1.54, 1.807) is 12.1 Å². The minimum Gasteiger partial charge on any atom is -0.481 e. The number of carboxylic acid groups (broad SMARTS) is 1. The molecule has 7 N–H and O–H groups in total. The van der Waals surface area contributed by atoms with Crippen molar-refractivity contribution in [3.8, 4) is 0 Å². The molecular weight excluding hydrogens is 438 g/mol. The maximum absolute atomic E-state index is 12.8. The Kier molecular flexibility index (Phi) is 8.41. The minimum absolute atomic E-state index is 0.0752. The van der Waals surface area contributed by atoms with Crippen LogP contribution in [0, 0.1) is 0 Å². The average Bonchev–Trinajstić information content (AvgIpc) is 2.71. The Bertz CT molecular complexity index is 1100. The number of nitrogens with two attached hydrogens (primary N) is 2. The number of benzene rings is 2. The second kappa shape index (κ2) is 11.0. The molecule has 11 nitrogen and oxygen atoms in total. The molecule has 172 valence electrons. The van der Waals surface area contributed by atoms with Crippen LogP contribution in [0.15, 0.2) is 58.4 Å². The number of carbonyl (C=O) groups is 2. The van der Waals surface area contributed by atoms with Gasteiger partial charge in [-0.25, -0.2) is 18.2 Å². The average molecular weight is 464 g/mol. The summed E-state index contributed by atoms with van der Waals surface area (Å²) in [4.78, 5) is 26.9. The number of aliphatic carboxylic acids is 1. The molecule has 1 amide bonds. The molecule has 0 bridgehead atoms. The summed E-state index contributed by atoms with van der Waals surface area (Å²) in [6.45, 7) is 2.01. The van der Waals surface area contributed by atoms with Gasteiger partial charge in [-0.3, -0.25) is 9.52 Å². The minimum atomic E-state index is -4.00. The number of nitrogens with zero attached hydrogens (tertiary/aromatic N) is 1. The highest BCUT2D eigenvalue weighted by molar-refractivity contribution is 7.92. The number of anilines is 1. The third-order valence-electron chi connectivity index (χ3n) is 4.04. The van der Waals surface area contributed by atoms with Gasteiger partial charge in [0.15, 0.2) is 5.96 Å². The van der Waals surface area contributed by atoms with Crippen molar-refractivity contribution >= 4 is 39.4 Å². The molecule has 2 aromatic carbocycles. The summed E-state index contributed by atoms with van der Waals surface area (Å²) in [6.07, 6.45) is -0.572. The van der Waals surface area contributed by atoms with Crippen LogP contribution in [0.4, 0.5) is 16.2 Å². The van der Waals surface area contributed by atoms with Gasteiger partial charge < -0.3 is 26.6 Å². The Morgan fingerprint density at radius 2 is 1.88 bits per heavy atom. The normalized spacial score (nSPS) is 11.8. The number of nitrogens with one attached hydrogen (secondary N) is 2. The first kappa shape index (κ1) is 24.5. The molecule has 0 spiro atoms. The Labute approximate surface area is 185 Å². The van der Waals surface area contributed by atoms with Crippen LogP contribution in [0.3, 0.4) is 0 Å². The van der Waals surface area contributed by atoms with E-state index in [2.05, 4.69) is 15.0 Å². The van der Waals surface area contributed by atoms with E-state index >= 15 is 0 Å². The molecule has 0 radical (unpaired) electrons. The molecule has 0 heterocycles. The highest BCUT2D eigenvalue weighted by atomic mass is 32.2. The molecule has 1 atom stereocenters. The van der Waals surface area contributed by atoms with E-state index in [0.29, 0.717) is 12.0 Å². The molecule has 32 heavy (non-hydrogen) atoms. The van der Waals surface area contributed by atoms with Crippen LogP contribution in [0.1, 0.15) is 31.4 Å². The number of hydrogen-bond acceptors (Lipinski definition) is 6. The van der Waals surface area contributed by atoms with Gasteiger partial charge in [0.2, 0.25) is 0 Å². The molecule has 0 aliphatic carbocycles. The number of alkyl carbamates (subject to hydrolysis) is 1. The summed E-state index contributed by atoms with van der Waals surface area (Å²) in [5.41, 5.74) is 11.5. The molecule has 0 saturated heterocycles. The number of rotatable bonds is 10. The van der Waals surface area contributed by atoms with Crippen molar-refractivity contribution in [1.82, 2.24) is 5.32 Å². The van der Waals surface area contributed by atoms with Crippen molar-refractivity contribution in [3.63, 3.8) is 0 Å². The first-order valence-corrected chi connectivity index (χ1v) is 11.1. The van der Waals surface area contributed by atoms with E-state index in [9.17, 15) is 23.1 Å². The van der Waals surface area contributed by atoms with E-state index in [-0.39, 0.29) is 28.8 Å². The number of ether oxygens (including phenoxy) is 1. The molecule has 0 fully saturated rings. The zero-order valence-electron chi connectivity index (χ0n) is 17.3. The van der Waals surface area contributed by atoms with Crippen molar-refractivity contribution in [1.29, 1.82) is 0 Å². The quantitative estimate of drug-likeness (QED) is 0.261. The summed E-state index contributed by atoms with van der Waals surface area (Å²) in [5, 5.41) is 11.7. The molecule has 0 saturated carbocycles.